The Morgan fingerprint density at radius 2 is 2.00 bits per heavy atom. The van der Waals surface area contributed by atoms with Crippen LogP contribution in [0.5, 0.6) is 0 Å². The van der Waals surface area contributed by atoms with E-state index in [4.69, 9.17) is 14.2 Å². The summed E-state index contributed by atoms with van der Waals surface area (Å²) in [6.45, 7) is 12.7. The first-order valence-corrected chi connectivity index (χ1v) is 9.61. The third-order valence-electron chi connectivity index (χ3n) is 5.05. The number of ether oxygens (including phenoxy) is 3. The van der Waals surface area contributed by atoms with Crippen molar-refractivity contribution in [3.05, 3.63) is 17.5 Å². The van der Waals surface area contributed by atoms with E-state index in [0.717, 1.165) is 57.3 Å². The second-order valence-electron chi connectivity index (χ2n) is 7.96. The molecule has 6 heteroatoms. The van der Waals surface area contributed by atoms with Crippen LogP contribution in [0.15, 0.2) is 6.07 Å². The lowest BCUT2D eigenvalue weighted by atomic mass is 10.1. The van der Waals surface area contributed by atoms with Gasteiger partial charge in [-0.2, -0.15) is 5.10 Å². The Hall–Kier alpha value is -0.950. The topological polar surface area (TPSA) is 59.6 Å². The molecule has 1 saturated carbocycles. The highest BCUT2D eigenvalue weighted by Gasteiger charge is 2.44. The maximum atomic E-state index is 6.18. The van der Waals surface area contributed by atoms with Gasteiger partial charge in [-0.05, 0) is 39.7 Å². The summed E-state index contributed by atoms with van der Waals surface area (Å²) >= 11 is 0. The molecular formula is C19H33N3O3. The van der Waals surface area contributed by atoms with Crippen molar-refractivity contribution in [1.29, 1.82) is 0 Å². The molecule has 3 rings (SSSR count). The highest BCUT2D eigenvalue weighted by Crippen LogP contribution is 2.46. The van der Waals surface area contributed by atoms with E-state index in [0.29, 0.717) is 12.0 Å². The van der Waals surface area contributed by atoms with Gasteiger partial charge >= 0.3 is 0 Å². The molecule has 1 unspecified atom stereocenters. The third-order valence-corrected chi connectivity index (χ3v) is 5.05. The van der Waals surface area contributed by atoms with Crippen molar-refractivity contribution >= 4 is 0 Å². The first kappa shape index (κ1) is 18.8. The van der Waals surface area contributed by atoms with E-state index in [1.54, 1.807) is 0 Å². The lowest BCUT2D eigenvalue weighted by molar-refractivity contribution is -0.00364. The van der Waals surface area contributed by atoms with Crippen molar-refractivity contribution in [3.63, 3.8) is 0 Å². The zero-order valence-electron chi connectivity index (χ0n) is 15.9. The van der Waals surface area contributed by atoms with Crippen molar-refractivity contribution in [2.45, 2.75) is 58.8 Å². The van der Waals surface area contributed by atoms with Gasteiger partial charge in [0.1, 0.15) is 0 Å². The predicted molar refractivity (Wildman–Crippen MR) is 96.6 cm³/mol. The van der Waals surface area contributed by atoms with E-state index in [9.17, 15) is 0 Å². The van der Waals surface area contributed by atoms with Gasteiger partial charge in [-0.25, -0.2) is 0 Å². The summed E-state index contributed by atoms with van der Waals surface area (Å²) in [6.07, 6.45) is 3.83. The molecule has 1 aromatic heterocycles. The molecule has 6 nitrogen and oxygen atoms in total. The van der Waals surface area contributed by atoms with E-state index >= 15 is 0 Å². The van der Waals surface area contributed by atoms with Crippen molar-refractivity contribution in [3.8, 4) is 0 Å². The van der Waals surface area contributed by atoms with Crippen LogP contribution in [0, 0.1) is 5.41 Å². The minimum absolute atomic E-state index is 0.185. The van der Waals surface area contributed by atoms with Crippen LogP contribution < -0.4 is 0 Å². The average Bonchev–Trinajstić information content (AvgIpc) is 3.21. The van der Waals surface area contributed by atoms with E-state index in [-0.39, 0.29) is 12.2 Å². The van der Waals surface area contributed by atoms with Gasteiger partial charge in [0.05, 0.1) is 50.0 Å². The van der Waals surface area contributed by atoms with Gasteiger partial charge in [0.15, 0.2) is 0 Å². The number of rotatable bonds is 10. The summed E-state index contributed by atoms with van der Waals surface area (Å²) in [4.78, 5) is 2.53. The number of H-pyrrole nitrogens is 1. The molecule has 1 aliphatic heterocycles. The highest BCUT2D eigenvalue weighted by atomic mass is 16.5. The van der Waals surface area contributed by atoms with Crippen LogP contribution in [0.2, 0.25) is 0 Å². The van der Waals surface area contributed by atoms with Gasteiger partial charge in [-0.3, -0.25) is 10.00 Å². The quantitative estimate of drug-likeness (QED) is 0.701. The maximum Gasteiger partial charge on any atom is 0.0885 e. The fourth-order valence-corrected chi connectivity index (χ4v) is 3.28. The van der Waals surface area contributed by atoms with Crippen LogP contribution >= 0.6 is 0 Å². The summed E-state index contributed by atoms with van der Waals surface area (Å²) < 4.78 is 17.2. The lowest BCUT2D eigenvalue weighted by Crippen LogP contribution is -2.41. The van der Waals surface area contributed by atoms with E-state index in [2.05, 4.69) is 28.1 Å². The monoisotopic (exact) mass is 351 g/mol. The normalized spacial score (nSPS) is 21.6. The standard InChI is InChI=1S/C19H33N3O3/c1-15(2)24-12-18-11-17(20-21-18)10-16(3)25-14-19(4-5-19)13-22-6-8-23-9-7-22/h11,15-16H,4-10,12-14H2,1-3H3,(H,20,21). The number of aromatic amines is 1. The fraction of sp³-hybridized carbons (Fsp3) is 0.842. The number of hydrogen-bond acceptors (Lipinski definition) is 5. The molecule has 0 amide bonds. The molecule has 0 radical (unpaired) electrons. The predicted octanol–water partition coefficient (Wildman–Crippen LogP) is 2.39. The van der Waals surface area contributed by atoms with Crippen LogP contribution in [0.3, 0.4) is 0 Å². The van der Waals surface area contributed by atoms with Crippen LogP contribution in [0.4, 0.5) is 0 Å². The second-order valence-corrected chi connectivity index (χ2v) is 7.96. The number of nitrogens with zero attached hydrogens (tertiary/aromatic N) is 2. The van der Waals surface area contributed by atoms with Gasteiger partial charge in [0, 0.05) is 31.5 Å². The Bertz CT molecular complexity index is 522. The molecule has 0 spiro atoms. The van der Waals surface area contributed by atoms with Crippen LogP contribution in [0.1, 0.15) is 45.0 Å². The molecule has 1 saturated heterocycles. The lowest BCUT2D eigenvalue weighted by Gasteiger charge is -2.31. The summed E-state index contributed by atoms with van der Waals surface area (Å²) in [7, 11) is 0. The smallest absolute Gasteiger partial charge is 0.0885 e. The van der Waals surface area contributed by atoms with Gasteiger partial charge in [-0.15, -0.1) is 0 Å². The number of aromatic nitrogens is 2. The van der Waals surface area contributed by atoms with Crippen molar-refractivity contribution in [2.75, 3.05) is 39.5 Å². The minimum atomic E-state index is 0.185. The maximum absolute atomic E-state index is 6.18. The molecule has 1 aromatic rings. The summed E-state index contributed by atoms with van der Waals surface area (Å²) in [5.41, 5.74) is 2.46. The van der Waals surface area contributed by atoms with Gasteiger partial charge in [0.2, 0.25) is 0 Å². The van der Waals surface area contributed by atoms with Crippen LogP contribution in [-0.4, -0.2) is 66.8 Å². The molecule has 2 heterocycles. The zero-order valence-corrected chi connectivity index (χ0v) is 15.9. The number of morpholine rings is 1. The molecule has 2 fully saturated rings. The van der Waals surface area contributed by atoms with Gasteiger partial charge in [0.25, 0.3) is 0 Å². The molecule has 0 bridgehead atoms. The highest BCUT2D eigenvalue weighted by molar-refractivity contribution is 5.08. The molecule has 1 aliphatic carbocycles. The summed E-state index contributed by atoms with van der Waals surface area (Å²) in [6, 6.07) is 2.09. The molecule has 25 heavy (non-hydrogen) atoms. The Labute approximate surface area is 151 Å². The van der Waals surface area contributed by atoms with Crippen molar-refractivity contribution in [1.82, 2.24) is 15.1 Å². The molecule has 1 atom stereocenters. The van der Waals surface area contributed by atoms with Gasteiger partial charge < -0.3 is 14.2 Å². The van der Waals surface area contributed by atoms with Crippen LogP contribution in [-0.2, 0) is 27.2 Å². The molecule has 142 valence electrons. The molecule has 0 aromatic carbocycles. The first-order valence-electron chi connectivity index (χ1n) is 9.61. The van der Waals surface area contributed by atoms with Crippen LogP contribution in [0.25, 0.3) is 0 Å². The first-order chi connectivity index (χ1) is 12.0. The van der Waals surface area contributed by atoms with Gasteiger partial charge in [-0.1, -0.05) is 0 Å². The van der Waals surface area contributed by atoms with E-state index in [1.165, 1.54) is 12.8 Å². The Morgan fingerprint density at radius 3 is 2.68 bits per heavy atom. The Kier molecular flexibility index (Phi) is 6.49. The number of nitrogens with one attached hydrogen (secondary N) is 1. The second kappa shape index (κ2) is 8.62. The SMILES string of the molecule is CC(C)OCc1cc(CC(C)OCC2(CN3CCOCC3)CC2)n[nH]1. The van der Waals surface area contributed by atoms with Crippen molar-refractivity contribution < 1.29 is 14.2 Å². The zero-order chi connectivity index (χ0) is 17.7. The summed E-state index contributed by atoms with van der Waals surface area (Å²) in [5.74, 6) is 0. The largest absolute Gasteiger partial charge is 0.379 e. The Morgan fingerprint density at radius 1 is 1.24 bits per heavy atom. The molecular weight excluding hydrogens is 318 g/mol. The number of hydrogen-bond donors (Lipinski definition) is 1. The molecule has 1 N–H and O–H groups in total. The van der Waals surface area contributed by atoms with E-state index in [1.807, 2.05) is 13.8 Å². The fourth-order valence-electron chi connectivity index (χ4n) is 3.28. The minimum Gasteiger partial charge on any atom is -0.379 e. The third kappa shape index (κ3) is 6.06. The Balaban J connectivity index is 1.38. The average molecular weight is 351 g/mol. The van der Waals surface area contributed by atoms with E-state index < -0.39 is 0 Å². The summed E-state index contributed by atoms with van der Waals surface area (Å²) in [5, 5.41) is 7.44. The molecule has 2 aliphatic rings. The van der Waals surface area contributed by atoms with Crippen molar-refractivity contribution in [2.24, 2.45) is 5.41 Å².